The van der Waals surface area contributed by atoms with Crippen LogP contribution in [0, 0.1) is 13.5 Å². The van der Waals surface area contributed by atoms with Crippen LogP contribution in [0.3, 0.4) is 0 Å². The number of hydrogen-bond donors (Lipinski definition) is 1. The molecule has 0 aliphatic heterocycles. The van der Waals surface area contributed by atoms with Crippen molar-refractivity contribution in [2.24, 2.45) is 0 Å². The second-order valence-corrected chi connectivity index (χ2v) is 3.33. The van der Waals surface area contributed by atoms with Gasteiger partial charge in [0, 0.05) is 0 Å². The summed E-state index contributed by atoms with van der Waals surface area (Å²) in [5.41, 5.74) is 0.873. The van der Waals surface area contributed by atoms with E-state index in [1.54, 1.807) is 6.92 Å². The van der Waals surface area contributed by atoms with Gasteiger partial charge >= 0.3 is 0 Å². The summed E-state index contributed by atoms with van der Waals surface area (Å²) in [4.78, 5) is 21.5. The highest BCUT2D eigenvalue weighted by atomic mass is 16.1. The van der Waals surface area contributed by atoms with Gasteiger partial charge in [0.2, 0.25) is 0 Å². The maximum Gasteiger partial charge on any atom is 0.276 e. The van der Waals surface area contributed by atoms with Crippen molar-refractivity contribution in [2.45, 2.75) is 6.92 Å². The van der Waals surface area contributed by atoms with Gasteiger partial charge in [-0.15, -0.1) is 0 Å². The van der Waals surface area contributed by atoms with Crippen molar-refractivity contribution in [3.63, 3.8) is 0 Å². The largest absolute Gasteiger partial charge is 0.320 e. The van der Waals surface area contributed by atoms with E-state index in [1.807, 2.05) is 30.3 Å². The Hall–Kier alpha value is -2.41. The molecule has 4 nitrogen and oxygen atoms in total. The number of nitrogens with zero attached hydrogens (tertiary/aromatic N) is 2. The monoisotopic (exact) mass is 211 g/mol. The van der Waals surface area contributed by atoms with E-state index < -0.39 is 0 Å². The van der Waals surface area contributed by atoms with E-state index in [2.05, 4.69) is 14.8 Å². The number of aromatic amines is 1. The molecule has 0 spiro atoms. The average Bonchev–Trinajstić information content (AvgIpc) is 2.29. The van der Waals surface area contributed by atoms with Crippen molar-refractivity contribution in [1.82, 2.24) is 9.97 Å². The summed E-state index contributed by atoms with van der Waals surface area (Å²) >= 11 is 0. The molecule has 1 aromatic heterocycles. The lowest BCUT2D eigenvalue weighted by Gasteiger charge is -2.03. The summed E-state index contributed by atoms with van der Waals surface area (Å²) in [6.45, 7) is 8.71. The van der Waals surface area contributed by atoms with E-state index in [4.69, 9.17) is 6.57 Å². The fraction of sp³-hybridized carbons (Fsp3) is 0.0833. The molecule has 78 valence electrons. The first kappa shape index (κ1) is 10.1. The number of benzene rings is 1. The predicted octanol–water partition coefficient (Wildman–Crippen LogP) is 2.30. The second kappa shape index (κ2) is 3.99. The van der Waals surface area contributed by atoms with Crippen LogP contribution in [-0.4, -0.2) is 9.97 Å². The van der Waals surface area contributed by atoms with Gasteiger partial charge in [0.05, 0.1) is 12.3 Å². The molecule has 0 atom stereocenters. The third-order valence-corrected chi connectivity index (χ3v) is 2.17. The smallest absolute Gasteiger partial charge is 0.276 e. The van der Waals surface area contributed by atoms with Gasteiger partial charge in [0.25, 0.3) is 11.2 Å². The second-order valence-electron chi connectivity index (χ2n) is 3.33. The molecule has 2 aromatic rings. The van der Waals surface area contributed by atoms with Crippen molar-refractivity contribution >= 4 is 5.69 Å². The lowest BCUT2D eigenvalue weighted by atomic mass is 10.1. The van der Waals surface area contributed by atoms with E-state index in [1.165, 1.54) is 0 Å². The minimum Gasteiger partial charge on any atom is -0.320 e. The summed E-state index contributed by atoms with van der Waals surface area (Å²) < 4.78 is 0. The molecule has 2 rings (SSSR count). The SMILES string of the molecule is [C-]#[N+]c1c(-c2ccccc2)nc(C)[nH]c1=O. The van der Waals surface area contributed by atoms with Crippen LogP contribution in [-0.2, 0) is 0 Å². The van der Waals surface area contributed by atoms with Crippen LogP contribution < -0.4 is 5.56 Å². The van der Waals surface area contributed by atoms with E-state index in [-0.39, 0.29) is 11.2 Å². The third kappa shape index (κ3) is 1.71. The molecule has 1 heterocycles. The van der Waals surface area contributed by atoms with Crippen LogP contribution in [0.5, 0.6) is 0 Å². The summed E-state index contributed by atoms with van der Waals surface area (Å²) in [7, 11) is 0. The quantitative estimate of drug-likeness (QED) is 0.736. The third-order valence-electron chi connectivity index (χ3n) is 2.17. The molecular formula is C12H9N3O. The molecule has 0 radical (unpaired) electrons. The molecule has 0 bridgehead atoms. The minimum atomic E-state index is -0.388. The first-order valence-corrected chi connectivity index (χ1v) is 4.76. The van der Waals surface area contributed by atoms with Crippen LogP contribution in [0.15, 0.2) is 35.1 Å². The van der Waals surface area contributed by atoms with Gasteiger partial charge in [-0.05, 0) is 12.5 Å². The topological polar surface area (TPSA) is 50.1 Å². The molecule has 1 aromatic carbocycles. The van der Waals surface area contributed by atoms with Gasteiger partial charge in [-0.1, -0.05) is 30.3 Å². The molecule has 0 saturated carbocycles. The first-order valence-electron chi connectivity index (χ1n) is 4.76. The zero-order chi connectivity index (χ0) is 11.5. The Morgan fingerprint density at radius 3 is 2.62 bits per heavy atom. The van der Waals surface area contributed by atoms with Crippen molar-refractivity contribution in [2.75, 3.05) is 0 Å². The van der Waals surface area contributed by atoms with Gasteiger partial charge in [-0.25, -0.2) is 9.83 Å². The van der Waals surface area contributed by atoms with E-state index in [0.717, 1.165) is 5.56 Å². The maximum absolute atomic E-state index is 11.6. The zero-order valence-corrected chi connectivity index (χ0v) is 8.69. The highest BCUT2D eigenvalue weighted by Gasteiger charge is 2.11. The Labute approximate surface area is 92.4 Å². The van der Waals surface area contributed by atoms with Crippen molar-refractivity contribution < 1.29 is 0 Å². The van der Waals surface area contributed by atoms with Gasteiger partial charge < -0.3 is 4.98 Å². The highest BCUT2D eigenvalue weighted by molar-refractivity contribution is 5.73. The Morgan fingerprint density at radius 2 is 2.00 bits per heavy atom. The fourth-order valence-electron chi connectivity index (χ4n) is 1.48. The number of aryl methyl sites for hydroxylation is 1. The summed E-state index contributed by atoms with van der Waals surface area (Å²) in [5.74, 6) is 0.510. The molecular weight excluding hydrogens is 202 g/mol. The lowest BCUT2D eigenvalue weighted by Crippen LogP contribution is -2.09. The standard InChI is InChI=1S/C12H9N3O/c1-8-14-10(9-6-4-3-5-7-9)11(13-2)12(16)15-8/h3-7H,1H3,(H,14,15,16). The normalized spacial score (nSPS) is 9.75. The number of nitrogens with one attached hydrogen (secondary N) is 1. The van der Waals surface area contributed by atoms with Crippen LogP contribution >= 0.6 is 0 Å². The predicted molar refractivity (Wildman–Crippen MR) is 61.3 cm³/mol. The molecule has 0 saturated heterocycles. The lowest BCUT2D eigenvalue weighted by molar-refractivity contribution is 1.03. The van der Waals surface area contributed by atoms with Crippen molar-refractivity contribution in [1.29, 1.82) is 0 Å². The zero-order valence-electron chi connectivity index (χ0n) is 8.69. The number of hydrogen-bond acceptors (Lipinski definition) is 2. The molecule has 1 N–H and O–H groups in total. The first-order chi connectivity index (χ1) is 7.72. The molecule has 0 unspecified atom stereocenters. The summed E-state index contributed by atoms with van der Waals surface area (Å²) in [6.07, 6.45) is 0. The molecule has 4 heteroatoms. The molecule has 0 aliphatic rings. The molecule has 0 fully saturated rings. The van der Waals surface area contributed by atoms with Crippen LogP contribution in [0.25, 0.3) is 16.1 Å². The van der Waals surface area contributed by atoms with Gasteiger partial charge in [-0.3, -0.25) is 4.79 Å². The Kier molecular flexibility index (Phi) is 2.52. The molecule has 16 heavy (non-hydrogen) atoms. The van der Waals surface area contributed by atoms with Gasteiger partial charge in [-0.2, -0.15) is 0 Å². The Balaban J connectivity index is 2.75. The Morgan fingerprint density at radius 1 is 1.31 bits per heavy atom. The number of aromatic nitrogens is 2. The number of rotatable bonds is 1. The van der Waals surface area contributed by atoms with Gasteiger partial charge in [0.1, 0.15) is 5.82 Å². The van der Waals surface area contributed by atoms with E-state index in [9.17, 15) is 4.79 Å². The fourth-order valence-corrected chi connectivity index (χ4v) is 1.48. The molecule has 0 aliphatic carbocycles. The van der Waals surface area contributed by atoms with Crippen molar-refractivity contribution in [3.05, 3.63) is 57.9 Å². The average molecular weight is 211 g/mol. The summed E-state index contributed by atoms with van der Waals surface area (Å²) in [6, 6.07) is 9.23. The Bertz CT molecular complexity index is 608. The van der Waals surface area contributed by atoms with Crippen LogP contribution in [0.1, 0.15) is 5.82 Å². The minimum absolute atomic E-state index is 0.0387. The maximum atomic E-state index is 11.6. The van der Waals surface area contributed by atoms with E-state index >= 15 is 0 Å². The van der Waals surface area contributed by atoms with E-state index in [0.29, 0.717) is 11.5 Å². The summed E-state index contributed by atoms with van der Waals surface area (Å²) in [5, 5.41) is 0. The van der Waals surface area contributed by atoms with Crippen LogP contribution in [0.2, 0.25) is 0 Å². The number of H-pyrrole nitrogens is 1. The van der Waals surface area contributed by atoms with Gasteiger partial charge in [0.15, 0.2) is 0 Å². The highest BCUT2D eigenvalue weighted by Crippen LogP contribution is 2.24. The van der Waals surface area contributed by atoms with Crippen LogP contribution in [0.4, 0.5) is 5.69 Å². The molecule has 0 amide bonds. The van der Waals surface area contributed by atoms with Crippen molar-refractivity contribution in [3.8, 4) is 11.3 Å².